The molecular weight excluding hydrogens is 455 g/mol. The van der Waals surface area contributed by atoms with Crippen LogP contribution in [0.3, 0.4) is 0 Å². The van der Waals surface area contributed by atoms with E-state index in [1.165, 1.54) is 7.11 Å². The second kappa shape index (κ2) is 9.41. The highest BCUT2D eigenvalue weighted by Gasteiger charge is 2.22. The zero-order chi connectivity index (χ0) is 19.1. The van der Waals surface area contributed by atoms with E-state index in [0.29, 0.717) is 30.3 Å². The summed E-state index contributed by atoms with van der Waals surface area (Å²) in [5.74, 6) is 0.422. The zero-order valence-corrected chi connectivity index (χ0v) is 17.0. The Kier molecular flexibility index (Phi) is 6.70. The molecule has 0 spiro atoms. The van der Waals surface area contributed by atoms with Gasteiger partial charge in [0.05, 0.1) is 10.7 Å². The van der Waals surface area contributed by atoms with Crippen molar-refractivity contribution in [1.82, 2.24) is 0 Å². The van der Waals surface area contributed by atoms with Crippen molar-refractivity contribution in [2.24, 2.45) is 0 Å². The summed E-state index contributed by atoms with van der Waals surface area (Å²) in [6, 6.07) is 23.2. The van der Waals surface area contributed by atoms with Crippen molar-refractivity contribution >= 4 is 28.6 Å². The van der Waals surface area contributed by atoms with Gasteiger partial charge in [-0.05, 0) is 45.9 Å². The molecule has 0 atom stereocenters. The van der Waals surface area contributed by atoms with E-state index < -0.39 is 5.97 Å². The molecule has 3 rings (SSSR count). The molecule has 3 aromatic rings. The number of hydrogen-bond donors (Lipinski definition) is 0. The number of carbonyl (C=O) groups is 1. The second-order valence-electron chi connectivity index (χ2n) is 5.79. The molecule has 0 unspecified atom stereocenters. The first-order chi connectivity index (χ1) is 13.2. The van der Waals surface area contributed by atoms with E-state index >= 15 is 0 Å². The molecule has 0 aliphatic rings. The first-order valence-electron chi connectivity index (χ1n) is 8.43. The van der Waals surface area contributed by atoms with Crippen molar-refractivity contribution in [3.05, 3.63) is 93.1 Å². The molecular formula is C22H19IO4. The molecule has 3 aromatic carbocycles. The molecule has 0 bridgehead atoms. The number of ether oxygens (including phenoxy) is 3. The molecule has 5 heteroatoms. The largest absolute Gasteiger partial charge is 0.488 e. The van der Waals surface area contributed by atoms with Crippen LogP contribution in [-0.2, 0) is 18.0 Å². The molecule has 0 amide bonds. The molecule has 0 saturated carbocycles. The van der Waals surface area contributed by atoms with Gasteiger partial charge in [-0.2, -0.15) is 0 Å². The van der Waals surface area contributed by atoms with Crippen molar-refractivity contribution in [2.45, 2.75) is 13.2 Å². The van der Waals surface area contributed by atoms with Crippen LogP contribution in [-0.4, -0.2) is 13.1 Å². The van der Waals surface area contributed by atoms with Gasteiger partial charge in [0.1, 0.15) is 24.5 Å². The number of halogens is 1. The van der Waals surface area contributed by atoms with E-state index in [-0.39, 0.29) is 0 Å². The Bertz CT molecular complexity index is 895. The highest BCUT2D eigenvalue weighted by molar-refractivity contribution is 14.1. The highest BCUT2D eigenvalue weighted by Crippen LogP contribution is 2.35. The Labute approximate surface area is 172 Å². The summed E-state index contributed by atoms with van der Waals surface area (Å²) in [6.45, 7) is 0.701. The molecule has 0 aliphatic carbocycles. The number of benzene rings is 3. The summed E-state index contributed by atoms with van der Waals surface area (Å²) in [5.41, 5.74) is 2.33. The second-order valence-corrected chi connectivity index (χ2v) is 6.95. The van der Waals surface area contributed by atoms with Crippen molar-refractivity contribution in [3.63, 3.8) is 0 Å². The van der Waals surface area contributed by atoms with Gasteiger partial charge in [0.25, 0.3) is 0 Å². The Balaban J connectivity index is 1.87. The van der Waals surface area contributed by atoms with Crippen LogP contribution < -0.4 is 9.47 Å². The molecule has 138 valence electrons. The fraction of sp³-hybridized carbons (Fsp3) is 0.136. The third-order valence-electron chi connectivity index (χ3n) is 3.92. The SMILES string of the molecule is COC(=O)c1c(OCc2ccccc2)ccc(I)c1OCc1ccccc1. The van der Waals surface area contributed by atoms with E-state index in [4.69, 9.17) is 14.2 Å². The Morgan fingerprint density at radius 2 is 1.37 bits per heavy atom. The summed E-state index contributed by atoms with van der Waals surface area (Å²) in [6.07, 6.45) is 0. The minimum absolute atomic E-state index is 0.302. The van der Waals surface area contributed by atoms with E-state index in [1.54, 1.807) is 6.07 Å². The van der Waals surface area contributed by atoms with Gasteiger partial charge in [0.15, 0.2) is 5.75 Å². The van der Waals surface area contributed by atoms with Crippen LogP contribution in [0.2, 0.25) is 0 Å². The number of rotatable bonds is 7. The molecule has 0 aromatic heterocycles. The van der Waals surface area contributed by atoms with E-state index in [2.05, 4.69) is 22.6 Å². The van der Waals surface area contributed by atoms with Gasteiger partial charge in [-0.1, -0.05) is 60.7 Å². The lowest BCUT2D eigenvalue weighted by atomic mass is 10.1. The van der Waals surface area contributed by atoms with Crippen LogP contribution in [0.15, 0.2) is 72.8 Å². The number of carbonyl (C=O) groups excluding carboxylic acids is 1. The van der Waals surface area contributed by atoms with E-state index in [0.717, 1.165) is 14.7 Å². The molecule has 0 N–H and O–H groups in total. The average Bonchev–Trinajstić information content (AvgIpc) is 2.72. The Morgan fingerprint density at radius 1 is 0.815 bits per heavy atom. The van der Waals surface area contributed by atoms with Crippen LogP contribution >= 0.6 is 22.6 Å². The quantitative estimate of drug-likeness (QED) is 0.347. The minimum Gasteiger partial charge on any atom is -0.488 e. The number of hydrogen-bond acceptors (Lipinski definition) is 4. The van der Waals surface area contributed by atoms with E-state index in [9.17, 15) is 4.79 Å². The van der Waals surface area contributed by atoms with Crippen LogP contribution in [0.25, 0.3) is 0 Å². The highest BCUT2D eigenvalue weighted by atomic mass is 127. The lowest BCUT2D eigenvalue weighted by Gasteiger charge is -2.16. The fourth-order valence-electron chi connectivity index (χ4n) is 2.56. The monoisotopic (exact) mass is 474 g/mol. The van der Waals surface area contributed by atoms with Gasteiger partial charge in [0, 0.05) is 0 Å². The van der Waals surface area contributed by atoms with Gasteiger partial charge in [-0.15, -0.1) is 0 Å². The van der Waals surface area contributed by atoms with Crippen LogP contribution in [0.1, 0.15) is 21.5 Å². The van der Waals surface area contributed by atoms with E-state index in [1.807, 2.05) is 66.7 Å². The van der Waals surface area contributed by atoms with Gasteiger partial charge in [-0.3, -0.25) is 0 Å². The maximum Gasteiger partial charge on any atom is 0.345 e. The van der Waals surface area contributed by atoms with Gasteiger partial charge in [-0.25, -0.2) is 4.79 Å². The molecule has 0 heterocycles. The van der Waals surface area contributed by atoms with Crippen molar-refractivity contribution < 1.29 is 19.0 Å². The number of methoxy groups -OCH3 is 1. The predicted molar refractivity (Wildman–Crippen MR) is 112 cm³/mol. The van der Waals surface area contributed by atoms with Gasteiger partial charge in [0.2, 0.25) is 0 Å². The molecule has 0 aliphatic heterocycles. The normalized spacial score (nSPS) is 10.3. The molecule has 0 fully saturated rings. The van der Waals surface area contributed by atoms with Crippen molar-refractivity contribution in [2.75, 3.05) is 7.11 Å². The fourth-order valence-corrected chi connectivity index (χ4v) is 3.17. The van der Waals surface area contributed by atoms with Gasteiger partial charge >= 0.3 is 5.97 Å². The third-order valence-corrected chi connectivity index (χ3v) is 4.77. The smallest absolute Gasteiger partial charge is 0.345 e. The Hall–Kier alpha value is -2.54. The van der Waals surface area contributed by atoms with Crippen LogP contribution in [0, 0.1) is 3.57 Å². The predicted octanol–water partition coefficient (Wildman–Crippen LogP) is 5.24. The van der Waals surface area contributed by atoms with Crippen LogP contribution in [0.5, 0.6) is 11.5 Å². The summed E-state index contributed by atoms with van der Waals surface area (Å²) in [5, 5.41) is 0. The summed E-state index contributed by atoms with van der Waals surface area (Å²) >= 11 is 2.15. The molecule has 0 saturated heterocycles. The first kappa shape index (κ1) is 19.2. The molecule has 4 nitrogen and oxygen atoms in total. The summed E-state index contributed by atoms with van der Waals surface area (Å²) < 4.78 is 17.7. The molecule has 27 heavy (non-hydrogen) atoms. The lowest BCUT2D eigenvalue weighted by molar-refractivity contribution is 0.0589. The number of esters is 1. The zero-order valence-electron chi connectivity index (χ0n) is 14.9. The average molecular weight is 474 g/mol. The first-order valence-corrected chi connectivity index (χ1v) is 9.51. The lowest BCUT2D eigenvalue weighted by Crippen LogP contribution is -2.10. The summed E-state index contributed by atoms with van der Waals surface area (Å²) in [7, 11) is 1.35. The minimum atomic E-state index is -0.486. The van der Waals surface area contributed by atoms with Crippen LogP contribution in [0.4, 0.5) is 0 Å². The Morgan fingerprint density at radius 3 is 1.93 bits per heavy atom. The van der Waals surface area contributed by atoms with Crippen molar-refractivity contribution in [3.8, 4) is 11.5 Å². The van der Waals surface area contributed by atoms with Crippen molar-refractivity contribution in [1.29, 1.82) is 0 Å². The summed E-state index contributed by atoms with van der Waals surface area (Å²) in [4.78, 5) is 12.4. The van der Waals surface area contributed by atoms with Gasteiger partial charge < -0.3 is 14.2 Å². The standard InChI is InChI=1S/C22H19IO4/c1-25-22(24)20-19(26-14-16-8-4-2-5-9-16)13-12-18(23)21(20)27-15-17-10-6-3-7-11-17/h2-13H,14-15H2,1H3. The third kappa shape index (κ3) is 5.01. The maximum atomic E-state index is 12.4. The maximum absolute atomic E-state index is 12.4. The molecule has 0 radical (unpaired) electrons. The topological polar surface area (TPSA) is 44.8 Å².